The van der Waals surface area contributed by atoms with Gasteiger partial charge in [0.25, 0.3) is 5.91 Å². The summed E-state index contributed by atoms with van der Waals surface area (Å²) in [6.45, 7) is 5.10. The van der Waals surface area contributed by atoms with E-state index in [1.54, 1.807) is 6.07 Å². The van der Waals surface area contributed by atoms with Crippen LogP contribution in [-0.4, -0.2) is 39.1 Å². The van der Waals surface area contributed by atoms with Crippen molar-refractivity contribution in [1.82, 2.24) is 20.1 Å². The lowest BCUT2D eigenvalue weighted by Gasteiger charge is -2.18. The summed E-state index contributed by atoms with van der Waals surface area (Å²) in [4.78, 5) is 19.0. The summed E-state index contributed by atoms with van der Waals surface area (Å²) in [5.41, 5.74) is 1.46. The second-order valence-corrected chi connectivity index (χ2v) is 6.92. The van der Waals surface area contributed by atoms with Crippen molar-refractivity contribution in [2.45, 2.75) is 26.2 Å². The van der Waals surface area contributed by atoms with Gasteiger partial charge in [0.05, 0.1) is 10.6 Å². The van der Waals surface area contributed by atoms with Crippen LogP contribution in [0.25, 0.3) is 0 Å². The average molecular weight is 384 g/mol. The highest BCUT2D eigenvalue weighted by atomic mass is 79.9. The molecule has 0 saturated carbocycles. The molecule has 1 aromatic carbocycles. The van der Waals surface area contributed by atoms with E-state index in [-0.39, 0.29) is 11.8 Å². The highest BCUT2D eigenvalue weighted by molar-refractivity contribution is 9.10. The molecule has 3 rings (SSSR count). The second kappa shape index (κ2) is 6.01. The first-order valence-corrected chi connectivity index (χ1v) is 8.26. The van der Waals surface area contributed by atoms with Crippen molar-refractivity contribution in [1.29, 1.82) is 0 Å². The van der Waals surface area contributed by atoms with Gasteiger partial charge in [-0.2, -0.15) is 5.10 Å². The predicted molar refractivity (Wildman–Crippen MR) is 88.3 cm³/mol. The minimum absolute atomic E-state index is 0.0234. The van der Waals surface area contributed by atoms with Crippen LogP contribution in [0.5, 0.6) is 0 Å². The lowest BCUT2D eigenvalue weighted by molar-refractivity contribution is 0.0790. The summed E-state index contributed by atoms with van der Waals surface area (Å²) in [6.07, 6.45) is 0.871. The zero-order valence-corrected chi connectivity index (χ0v) is 14.7. The molecule has 1 aliphatic heterocycles. The SMILES string of the molecule is Cc1nc(C2CCN(C(=O)c3c(C)cc(Br)cc3Cl)C2)n[nH]1. The molecule has 1 atom stereocenters. The highest BCUT2D eigenvalue weighted by Gasteiger charge is 2.31. The Morgan fingerprint density at radius 2 is 2.23 bits per heavy atom. The number of rotatable bonds is 2. The molecule has 1 amide bonds. The van der Waals surface area contributed by atoms with Gasteiger partial charge in [0.15, 0.2) is 5.82 Å². The Balaban J connectivity index is 1.80. The lowest BCUT2D eigenvalue weighted by Crippen LogP contribution is -2.29. The number of likely N-dealkylation sites (tertiary alicyclic amines) is 1. The molecule has 1 N–H and O–H groups in total. The van der Waals surface area contributed by atoms with E-state index >= 15 is 0 Å². The zero-order valence-electron chi connectivity index (χ0n) is 12.4. The quantitative estimate of drug-likeness (QED) is 0.864. The number of hydrogen-bond donors (Lipinski definition) is 1. The predicted octanol–water partition coefficient (Wildman–Crippen LogP) is 3.47. The van der Waals surface area contributed by atoms with Crippen LogP contribution in [0.2, 0.25) is 5.02 Å². The third-order valence-corrected chi connectivity index (χ3v) is 4.68. The minimum atomic E-state index is -0.0234. The van der Waals surface area contributed by atoms with E-state index in [9.17, 15) is 4.79 Å². The molecule has 2 heterocycles. The first-order valence-electron chi connectivity index (χ1n) is 7.09. The maximum atomic E-state index is 12.8. The highest BCUT2D eigenvalue weighted by Crippen LogP contribution is 2.30. The minimum Gasteiger partial charge on any atom is -0.338 e. The molecule has 116 valence electrons. The van der Waals surface area contributed by atoms with Gasteiger partial charge >= 0.3 is 0 Å². The number of aromatic nitrogens is 3. The second-order valence-electron chi connectivity index (χ2n) is 5.60. The van der Waals surface area contributed by atoms with Crippen molar-refractivity contribution in [2.24, 2.45) is 0 Å². The number of carbonyl (C=O) groups is 1. The molecule has 0 bridgehead atoms. The number of nitrogens with one attached hydrogen (secondary N) is 1. The number of amides is 1. The standard InChI is InChI=1S/C15H16BrClN4O/c1-8-5-11(16)6-12(17)13(8)15(22)21-4-3-10(7-21)14-18-9(2)19-20-14/h5-6,10H,3-4,7H2,1-2H3,(H,18,19,20). The number of hydrogen-bond acceptors (Lipinski definition) is 3. The van der Waals surface area contributed by atoms with E-state index in [4.69, 9.17) is 11.6 Å². The molecule has 22 heavy (non-hydrogen) atoms. The van der Waals surface area contributed by atoms with Crippen molar-refractivity contribution in [3.05, 3.63) is 44.4 Å². The van der Waals surface area contributed by atoms with Gasteiger partial charge in [0, 0.05) is 23.5 Å². The van der Waals surface area contributed by atoms with E-state index < -0.39 is 0 Å². The maximum Gasteiger partial charge on any atom is 0.255 e. The molecule has 7 heteroatoms. The number of nitrogens with zero attached hydrogens (tertiary/aromatic N) is 3. The van der Waals surface area contributed by atoms with Gasteiger partial charge in [-0.1, -0.05) is 27.5 Å². The Labute approximate surface area is 142 Å². The smallest absolute Gasteiger partial charge is 0.255 e. The summed E-state index contributed by atoms with van der Waals surface area (Å²) in [6, 6.07) is 3.67. The molecule has 0 radical (unpaired) electrons. The van der Waals surface area contributed by atoms with Crippen LogP contribution in [0.3, 0.4) is 0 Å². The van der Waals surface area contributed by atoms with Crippen molar-refractivity contribution >= 4 is 33.4 Å². The first kappa shape index (κ1) is 15.5. The van der Waals surface area contributed by atoms with Crippen molar-refractivity contribution in [2.75, 3.05) is 13.1 Å². The number of carbonyl (C=O) groups excluding carboxylic acids is 1. The van der Waals surface area contributed by atoms with Crippen LogP contribution in [-0.2, 0) is 0 Å². The van der Waals surface area contributed by atoms with Crippen LogP contribution < -0.4 is 0 Å². The van der Waals surface area contributed by atoms with Gasteiger partial charge in [-0.15, -0.1) is 0 Å². The topological polar surface area (TPSA) is 61.9 Å². The van der Waals surface area contributed by atoms with E-state index in [1.165, 1.54) is 0 Å². The third kappa shape index (κ3) is 2.90. The number of H-pyrrole nitrogens is 1. The molecular weight excluding hydrogens is 368 g/mol. The lowest BCUT2D eigenvalue weighted by atomic mass is 10.1. The summed E-state index contributed by atoms with van der Waals surface area (Å²) in [5, 5.41) is 7.54. The van der Waals surface area contributed by atoms with E-state index in [2.05, 4.69) is 31.1 Å². The van der Waals surface area contributed by atoms with E-state index in [0.717, 1.165) is 28.1 Å². The average Bonchev–Trinajstić information content (AvgIpc) is 3.05. The van der Waals surface area contributed by atoms with E-state index in [1.807, 2.05) is 24.8 Å². The first-order chi connectivity index (χ1) is 10.5. The summed E-state index contributed by atoms with van der Waals surface area (Å²) in [7, 11) is 0. The van der Waals surface area contributed by atoms with Crippen molar-refractivity contribution in [3.63, 3.8) is 0 Å². The van der Waals surface area contributed by atoms with Gasteiger partial charge in [-0.3, -0.25) is 9.89 Å². The molecule has 0 spiro atoms. The molecule has 1 fully saturated rings. The molecule has 5 nitrogen and oxygen atoms in total. The van der Waals surface area contributed by atoms with Crippen LogP contribution in [0.4, 0.5) is 0 Å². The van der Waals surface area contributed by atoms with Crippen LogP contribution in [0.1, 0.15) is 39.9 Å². The number of aryl methyl sites for hydroxylation is 2. The van der Waals surface area contributed by atoms with Crippen LogP contribution in [0, 0.1) is 13.8 Å². The number of benzene rings is 1. The molecule has 0 aliphatic carbocycles. The fourth-order valence-corrected chi connectivity index (χ4v) is 3.88. The Morgan fingerprint density at radius 1 is 1.45 bits per heavy atom. The maximum absolute atomic E-state index is 12.8. The fourth-order valence-electron chi connectivity index (χ4n) is 2.83. The summed E-state index contributed by atoms with van der Waals surface area (Å²) < 4.78 is 0.877. The Hall–Kier alpha value is -1.40. The molecule has 1 saturated heterocycles. The van der Waals surface area contributed by atoms with Crippen LogP contribution >= 0.6 is 27.5 Å². The Bertz CT molecular complexity index is 707. The monoisotopic (exact) mass is 382 g/mol. The Kier molecular flexibility index (Phi) is 4.23. The summed E-state index contributed by atoms with van der Waals surface area (Å²) >= 11 is 9.65. The van der Waals surface area contributed by atoms with Gasteiger partial charge in [-0.25, -0.2) is 4.98 Å². The molecule has 1 aromatic heterocycles. The molecule has 2 aromatic rings. The normalized spacial score (nSPS) is 18.0. The van der Waals surface area contributed by atoms with E-state index in [0.29, 0.717) is 23.7 Å². The number of halogens is 2. The fraction of sp³-hybridized carbons (Fsp3) is 0.400. The molecule has 1 unspecified atom stereocenters. The molecule has 1 aliphatic rings. The zero-order chi connectivity index (χ0) is 15.9. The van der Waals surface area contributed by atoms with Crippen molar-refractivity contribution in [3.8, 4) is 0 Å². The summed E-state index contributed by atoms with van der Waals surface area (Å²) in [5.74, 6) is 1.74. The Morgan fingerprint density at radius 3 is 2.86 bits per heavy atom. The molecular formula is C15H16BrClN4O. The van der Waals surface area contributed by atoms with Gasteiger partial charge in [0.2, 0.25) is 0 Å². The van der Waals surface area contributed by atoms with Crippen LogP contribution in [0.15, 0.2) is 16.6 Å². The third-order valence-electron chi connectivity index (χ3n) is 3.92. The largest absolute Gasteiger partial charge is 0.338 e. The van der Waals surface area contributed by atoms with Gasteiger partial charge in [0.1, 0.15) is 5.82 Å². The van der Waals surface area contributed by atoms with Gasteiger partial charge in [-0.05, 0) is 38.0 Å². The van der Waals surface area contributed by atoms with Gasteiger partial charge < -0.3 is 4.90 Å². The number of aromatic amines is 1. The van der Waals surface area contributed by atoms with Crippen molar-refractivity contribution < 1.29 is 4.79 Å².